The molecule has 0 radical (unpaired) electrons. The van der Waals surface area contributed by atoms with Gasteiger partial charge in [-0.3, -0.25) is 4.39 Å². The molecule has 208 valence electrons. The minimum absolute atomic E-state index is 0.220. The Kier molecular flexibility index (Phi) is 8.71. The van der Waals surface area contributed by atoms with Crippen molar-refractivity contribution >= 4 is 11.5 Å². The van der Waals surface area contributed by atoms with Crippen LogP contribution in [0, 0.1) is 11.3 Å². The fourth-order valence-electron chi connectivity index (χ4n) is 6.74. The summed E-state index contributed by atoms with van der Waals surface area (Å²) in [5.74, 6) is 0.376. The quantitative estimate of drug-likeness (QED) is 0.325. The Labute approximate surface area is 234 Å². The number of methoxy groups -OCH3 is 1. The van der Waals surface area contributed by atoms with Gasteiger partial charge in [0.25, 0.3) is 0 Å². The van der Waals surface area contributed by atoms with Crippen LogP contribution in [-0.2, 0) is 17.6 Å². The third kappa shape index (κ3) is 6.54. The number of aryl methyl sites for hydroxylation is 1. The summed E-state index contributed by atoms with van der Waals surface area (Å²) in [4.78, 5) is 14.7. The average Bonchev–Trinajstić information content (AvgIpc) is 3.30. The largest absolute Gasteiger partial charge is 0.465 e. The normalized spacial score (nSPS) is 21.3. The summed E-state index contributed by atoms with van der Waals surface area (Å²) in [6.45, 7) is 7.58. The highest BCUT2D eigenvalue weighted by Crippen LogP contribution is 2.44. The Morgan fingerprint density at radius 3 is 2.64 bits per heavy atom. The molecule has 3 nitrogen and oxygen atoms in total. The van der Waals surface area contributed by atoms with E-state index < -0.39 is 0 Å². The second-order valence-electron chi connectivity index (χ2n) is 12.6. The first-order valence-corrected chi connectivity index (χ1v) is 14.9. The first kappa shape index (κ1) is 27.8. The summed E-state index contributed by atoms with van der Waals surface area (Å²) in [5.41, 5.74) is 10.5. The Hall–Kier alpha value is -2.72. The zero-order valence-electron chi connectivity index (χ0n) is 24.0. The SMILES string of the molecule is COC(=O)c1ccc2c(c1)CCCC(C1=CCC(C)(C)CC1)=C2c1ccc(CC2CCN(CCCF)C2)cc1. The van der Waals surface area contributed by atoms with Gasteiger partial charge in [0, 0.05) is 13.1 Å². The summed E-state index contributed by atoms with van der Waals surface area (Å²) in [5, 5.41) is 0. The van der Waals surface area contributed by atoms with Crippen LogP contribution in [0.2, 0.25) is 0 Å². The topological polar surface area (TPSA) is 29.5 Å². The number of alkyl halides is 1. The Morgan fingerprint density at radius 1 is 1.10 bits per heavy atom. The Balaban J connectivity index is 1.47. The predicted octanol–water partition coefficient (Wildman–Crippen LogP) is 7.97. The smallest absolute Gasteiger partial charge is 0.337 e. The highest BCUT2D eigenvalue weighted by atomic mass is 19.1. The van der Waals surface area contributed by atoms with Gasteiger partial charge in [-0.2, -0.15) is 0 Å². The van der Waals surface area contributed by atoms with E-state index in [-0.39, 0.29) is 12.6 Å². The maximum atomic E-state index is 12.6. The monoisotopic (exact) mass is 529 g/mol. The number of esters is 1. The lowest BCUT2D eigenvalue weighted by molar-refractivity contribution is 0.0600. The molecule has 2 aromatic rings. The lowest BCUT2D eigenvalue weighted by atomic mass is 9.75. The van der Waals surface area contributed by atoms with E-state index >= 15 is 0 Å². The maximum absolute atomic E-state index is 12.6. The van der Waals surface area contributed by atoms with E-state index in [0.717, 1.165) is 58.2 Å². The van der Waals surface area contributed by atoms with Gasteiger partial charge in [-0.1, -0.05) is 50.3 Å². The van der Waals surface area contributed by atoms with Crippen molar-refractivity contribution in [3.63, 3.8) is 0 Å². The number of ether oxygens (including phenoxy) is 1. The lowest BCUT2D eigenvalue weighted by Gasteiger charge is -2.30. The van der Waals surface area contributed by atoms with Crippen LogP contribution in [0.25, 0.3) is 5.57 Å². The summed E-state index contributed by atoms with van der Waals surface area (Å²) < 4.78 is 17.6. The molecule has 1 aliphatic heterocycles. The maximum Gasteiger partial charge on any atom is 0.337 e. The molecule has 1 heterocycles. The van der Waals surface area contributed by atoms with Gasteiger partial charge in [-0.25, -0.2) is 4.79 Å². The summed E-state index contributed by atoms with van der Waals surface area (Å²) >= 11 is 0. The number of rotatable bonds is 8. The molecule has 5 rings (SSSR count). The van der Waals surface area contributed by atoms with E-state index in [9.17, 15) is 9.18 Å². The second kappa shape index (κ2) is 12.2. The van der Waals surface area contributed by atoms with Crippen molar-refractivity contribution in [3.05, 3.63) is 87.5 Å². The van der Waals surface area contributed by atoms with Gasteiger partial charge in [-0.05, 0) is 127 Å². The molecule has 1 unspecified atom stereocenters. The molecule has 1 atom stereocenters. The molecular weight excluding hydrogens is 485 g/mol. The predicted molar refractivity (Wildman–Crippen MR) is 158 cm³/mol. The zero-order chi connectivity index (χ0) is 27.4. The highest BCUT2D eigenvalue weighted by Gasteiger charge is 2.27. The van der Waals surface area contributed by atoms with Crippen molar-refractivity contribution < 1.29 is 13.9 Å². The van der Waals surface area contributed by atoms with E-state index in [0.29, 0.717) is 23.3 Å². The molecule has 2 aromatic carbocycles. The summed E-state index contributed by atoms with van der Waals surface area (Å²) in [6, 6.07) is 15.4. The van der Waals surface area contributed by atoms with E-state index in [4.69, 9.17) is 4.74 Å². The summed E-state index contributed by atoms with van der Waals surface area (Å²) in [6.07, 6.45) is 12.0. The number of fused-ring (bicyclic) bond motifs is 1. The molecule has 1 fully saturated rings. The van der Waals surface area contributed by atoms with Crippen LogP contribution < -0.4 is 0 Å². The number of hydrogen-bond acceptors (Lipinski definition) is 3. The molecule has 1 saturated heterocycles. The molecule has 0 aromatic heterocycles. The van der Waals surface area contributed by atoms with Crippen LogP contribution in [0.1, 0.15) is 91.4 Å². The van der Waals surface area contributed by atoms with Crippen LogP contribution in [0.15, 0.2) is 59.7 Å². The first-order chi connectivity index (χ1) is 18.9. The van der Waals surface area contributed by atoms with Gasteiger partial charge in [0.05, 0.1) is 19.3 Å². The standard InChI is InChI=1S/C35H44FNO2/c1-35(2)17-14-27(15-18-35)31-7-4-6-29-23-30(34(38)39-3)12-13-32(29)33(31)28-10-8-25(9-11-28)22-26-16-21-37(24-26)20-5-19-36/h8-14,23,26H,4-7,15-22,24H2,1-3H3. The third-order valence-corrected chi connectivity index (χ3v) is 9.08. The van der Waals surface area contributed by atoms with Crippen molar-refractivity contribution in [1.29, 1.82) is 0 Å². The number of benzene rings is 2. The molecule has 0 N–H and O–H groups in total. The fourth-order valence-corrected chi connectivity index (χ4v) is 6.74. The number of carbonyl (C=O) groups is 1. The average molecular weight is 530 g/mol. The molecular formula is C35H44FNO2. The van der Waals surface area contributed by atoms with Gasteiger partial charge in [0.2, 0.25) is 0 Å². The van der Waals surface area contributed by atoms with Crippen LogP contribution >= 0.6 is 0 Å². The number of hydrogen-bond donors (Lipinski definition) is 0. The third-order valence-electron chi connectivity index (χ3n) is 9.08. The highest BCUT2D eigenvalue weighted by molar-refractivity contribution is 5.92. The van der Waals surface area contributed by atoms with Crippen LogP contribution in [0.5, 0.6) is 0 Å². The van der Waals surface area contributed by atoms with Gasteiger partial charge >= 0.3 is 5.97 Å². The second-order valence-corrected chi connectivity index (χ2v) is 12.6. The first-order valence-electron chi connectivity index (χ1n) is 14.9. The Bertz CT molecular complexity index is 1240. The number of halogens is 1. The van der Waals surface area contributed by atoms with E-state index in [1.807, 2.05) is 12.1 Å². The number of likely N-dealkylation sites (tertiary alicyclic amines) is 1. The molecule has 0 saturated carbocycles. The minimum atomic E-state index is -0.274. The van der Waals surface area contributed by atoms with Crippen molar-refractivity contribution in [2.45, 2.75) is 71.6 Å². The van der Waals surface area contributed by atoms with Gasteiger partial charge < -0.3 is 9.64 Å². The number of carbonyl (C=O) groups excluding carboxylic acids is 1. The van der Waals surface area contributed by atoms with Crippen molar-refractivity contribution in [2.24, 2.45) is 11.3 Å². The molecule has 39 heavy (non-hydrogen) atoms. The molecule has 0 bridgehead atoms. The van der Waals surface area contributed by atoms with E-state index in [1.165, 1.54) is 58.9 Å². The fraction of sp³-hybridized carbons (Fsp3) is 0.514. The lowest BCUT2D eigenvalue weighted by Crippen LogP contribution is -2.22. The minimum Gasteiger partial charge on any atom is -0.465 e. The van der Waals surface area contributed by atoms with Gasteiger partial charge in [0.1, 0.15) is 0 Å². The van der Waals surface area contributed by atoms with Gasteiger partial charge in [0.15, 0.2) is 0 Å². The van der Waals surface area contributed by atoms with Crippen molar-refractivity contribution in [2.75, 3.05) is 33.4 Å². The van der Waals surface area contributed by atoms with E-state index in [2.05, 4.69) is 55.2 Å². The Morgan fingerprint density at radius 2 is 1.92 bits per heavy atom. The molecule has 0 spiro atoms. The molecule has 3 aliphatic rings. The van der Waals surface area contributed by atoms with E-state index in [1.54, 1.807) is 0 Å². The molecule has 4 heteroatoms. The van der Waals surface area contributed by atoms with Gasteiger partial charge in [-0.15, -0.1) is 0 Å². The molecule has 2 aliphatic carbocycles. The van der Waals surface area contributed by atoms with Crippen LogP contribution in [-0.4, -0.2) is 44.3 Å². The van der Waals surface area contributed by atoms with Crippen molar-refractivity contribution in [1.82, 2.24) is 4.90 Å². The van der Waals surface area contributed by atoms with Crippen LogP contribution in [0.4, 0.5) is 4.39 Å². The van der Waals surface area contributed by atoms with Crippen LogP contribution in [0.3, 0.4) is 0 Å². The number of allylic oxidation sites excluding steroid dienone is 3. The van der Waals surface area contributed by atoms with Crippen molar-refractivity contribution in [3.8, 4) is 0 Å². The zero-order valence-corrected chi connectivity index (χ0v) is 24.0. The summed E-state index contributed by atoms with van der Waals surface area (Å²) in [7, 11) is 1.45. The molecule has 0 amide bonds. The number of nitrogens with zero attached hydrogens (tertiary/aromatic N) is 1.